The first-order chi connectivity index (χ1) is 16.0. The van der Waals surface area contributed by atoms with Crippen LogP contribution in [0.5, 0.6) is 0 Å². The highest BCUT2D eigenvalue weighted by molar-refractivity contribution is 6.35. The highest BCUT2D eigenvalue weighted by atomic mass is 35.5. The zero-order valence-corrected chi connectivity index (χ0v) is 20.5. The molecule has 4 aromatic rings. The summed E-state index contributed by atoms with van der Waals surface area (Å²) in [5, 5.41) is 15.4. The molecule has 2 heterocycles. The molecule has 0 radical (unpaired) electrons. The Labute approximate surface area is 207 Å². The van der Waals surface area contributed by atoms with Crippen LogP contribution in [0.25, 0.3) is 28.5 Å². The van der Waals surface area contributed by atoms with E-state index in [1.807, 2.05) is 35.0 Å². The smallest absolute Gasteiger partial charge is 0.268 e. The standard InChI is InChI=1S/C25H23Cl3N4O/c1-2-19-22(25-30-29-24(33-25)16-6-4-3-5-7-16)31-32(21-13-12-18(27)14-20(21)28)23(19)15-8-10-17(26)11-9-15/h8-14,16H,2-7H2,1H3. The van der Waals surface area contributed by atoms with Crippen LogP contribution in [0.3, 0.4) is 0 Å². The molecule has 0 amide bonds. The molecule has 2 aromatic carbocycles. The zero-order chi connectivity index (χ0) is 22.9. The summed E-state index contributed by atoms with van der Waals surface area (Å²) < 4.78 is 8.02. The molecule has 1 saturated carbocycles. The molecule has 1 aliphatic carbocycles. The predicted molar refractivity (Wildman–Crippen MR) is 133 cm³/mol. The summed E-state index contributed by atoms with van der Waals surface area (Å²) in [7, 11) is 0. The molecule has 1 fully saturated rings. The van der Waals surface area contributed by atoms with Crippen molar-refractivity contribution >= 4 is 34.8 Å². The van der Waals surface area contributed by atoms with Crippen LogP contribution in [0, 0.1) is 0 Å². The lowest BCUT2D eigenvalue weighted by Crippen LogP contribution is -2.04. The van der Waals surface area contributed by atoms with Gasteiger partial charge in [0, 0.05) is 27.1 Å². The van der Waals surface area contributed by atoms with Crippen molar-refractivity contribution in [1.29, 1.82) is 0 Å². The average molecular weight is 502 g/mol. The maximum Gasteiger partial charge on any atom is 0.268 e. The van der Waals surface area contributed by atoms with E-state index in [-0.39, 0.29) is 0 Å². The molecule has 1 aliphatic rings. The Hall–Kier alpha value is -2.34. The molecule has 2 aromatic heterocycles. The lowest BCUT2D eigenvalue weighted by atomic mass is 9.89. The first-order valence-electron chi connectivity index (χ1n) is 11.2. The van der Waals surface area contributed by atoms with Crippen molar-refractivity contribution in [3.63, 3.8) is 0 Å². The number of hydrogen-bond acceptors (Lipinski definition) is 4. The third-order valence-corrected chi connectivity index (χ3v) is 6.98. The van der Waals surface area contributed by atoms with Gasteiger partial charge in [-0.3, -0.25) is 0 Å². The molecule has 33 heavy (non-hydrogen) atoms. The van der Waals surface area contributed by atoms with Crippen LogP contribution in [0.4, 0.5) is 0 Å². The van der Waals surface area contributed by atoms with E-state index in [0.717, 1.165) is 41.8 Å². The molecule has 0 atom stereocenters. The molecule has 8 heteroatoms. The minimum absolute atomic E-state index is 0.327. The van der Waals surface area contributed by atoms with Gasteiger partial charge >= 0.3 is 0 Å². The number of nitrogens with zero attached hydrogens (tertiary/aromatic N) is 4. The number of rotatable bonds is 5. The van der Waals surface area contributed by atoms with E-state index in [4.69, 9.17) is 44.3 Å². The van der Waals surface area contributed by atoms with Crippen molar-refractivity contribution in [2.45, 2.75) is 51.4 Å². The average Bonchev–Trinajstić information content (AvgIpc) is 3.45. The van der Waals surface area contributed by atoms with Gasteiger partial charge in [-0.1, -0.05) is 73.1 Å². The molecule has 5 nitrogen and oxygen atoms in total. The van der Waals surface area contributed by atoms with Gasteiger partial charge in [-0.2, -0.15) is 5.10 Å². The van der Waals surface area contributed by atoms with E-state index in [1.165, 1.54) is 19.3 Å². The summed E-state index contributed by atoms with van der Waals surface area (Å²) in [6.45, 7) is 2.09. The predicted octanol–water partition coefficient (Wildman–Crippen LogP) is 8.16. The third-order valence-electron chi connectivity index (χ3n) is 6.19. The highest BCUT2D eigenvalue weighted by Crippen LogP contribution is 2.38. The molecule has 170 valence electrons. The van der Waals surface area contributed by atoms with Crippen LogP contribution in [-0.2, 0) is 6.42 Å². The fraction of sp³-hybridized carbons (Fsp3) is 0.320. The molecule has 5 rings (SSSR count). The van der Waals surface area contributed by atoms with Gasteiger partial charge in [-0.25, -0.2) is 4.68 Å². The van der Waals surface area contributed by atoms with Crippen LogP contribution in [0.1, 0.15) is 56.4 Å². The lowest BCUT2D eigenvalue weighted by Gasteiger charge is -2.17. The lowest BCUT2D eigenvalue weighted by molar-refractivity contribution is 0.366. The van der Waals surface area contributed by atoms with Gasteiger partial charge in [-0.15, -0.1) is 10.2 Å². The maximum absolute atomic E-state index is 6.59. The van der Waals surface area contributed by atoms with Crippen LogP contribution >= 0.6 is 34.8 Å². The van der Waals surface area contributed by atoms with Crippen molar-refractivity contribution in [1.82, 2.24) is 20.0 Å². The van der Waals surface area contributed by atoms with Crippen molar-refractivity contribution in [3.05, 3.63) is 69.0 Å². The Bertz CT molecular complexity index is 1270. The second-order valence-corrected chi connectivity index (χ2v) is 9.60. The number of benzene rings is 2. The second-order valence-electron chi connectivity index (χ2n) is 8.32. The van der Waals surface area contributed by atoms with Crippen molar-refractivity contribution < 1.29 is 4.42 Å². The summed E-state index contributed by atoms with van der Waals surface area (Å²) in [5.74, 6) is 1.47. The molecule has 0 bridgehead atoms. The quantitative estimate of drug-likeness (QED) is 0.277. The summed E-state index contributed by atoms with van der Waals surface area (Å²) in [6, 6.07) is 13.1. The van der Waals surface area contributed by atoms with E-state index >= 15 is 0 Å². The van der Waals surface area contributed by atoms with E-state index in [1.54, 1.807) is 12.1 Å². The van der Waals surface area contributed by atoms with E-state index in [0.29, 0.717) is 38.5 Å². The Morgan fingerprint density at radius 2 is 1.67 bits per heavy atom. The van der Waals surface area contributed by atoms with Crippen LogP contribution < -0.4 is 0 Å². The summed E-state index contributed by atoms with van der Waals surface area (Å²) in [5.41, 5.74) is 4.27. The molecular formula is C25H23Cl3N4O. The molecule has 0 N–H and O–H groups in total. The van der Waals surface area contributed by atoms with E-state index < -0.39 is 0 Å². The first-order valence-corrected chi connectivity index (χ1v) is 12.4. The summed E-state index contributed by atoms with van der Waals surface area (Å²) >= 11 is 18.9. The van der Waals surface area contributed by atoms with Crippen LogP contribution in [-0.4, -0.2) is 20.0 Å². The first kappa shape index (κ1) is 22.5. The van der Waals surface area contributed by atoms with Crippen LogP contribution in [0.15, 0.2) is 46.9 Å². The molecule has 0 spiro atoms. The summed E-state index contributed by atoms with van der Waals surface area (Å²) in [6.07, 6.45) is 6.58. The Kier molecular flexibility index (Phi) is 6.46. The van der Waals surface area contributed by atoms with Crippen molar-refractivity contribution in [3.8, 4) is 28.5 Å². The van der Waals surface area contributed by atoms with Gasteiger partial charge < -0.3 is 4.42 Å². The topological polar surface area (TPSA) is 56.7 Å². The van der Waals surface area contributed by atoms with Gasteiger partial charge in [0.1, 0.15) is 0 Å². The maximum atomic E-state index is 6.59. The normalized spacial score (nSPS) is 14.7. The Balaban J connectivity index is 1.68. The van der Waals surface area contributed by atoms with E-state index in [2.05, 4.69) is 17.1 Å². The van der Waals surface area contributed by atoms with Crippen LogP contribution in [0.2, 0.25) is 15.1 Å². The number of aromatic nitrogens is 4. The SMILES string of the molecule is CCc1c(-c2nnc(C3CCCCC3)o2)nn(-c2ccc(Cl)cc2Cl)c1-c1ccc(Cl)cc1. The largest absolute Gasteiger partial charge is 0.419 e. The van der Waals surface area contributed by atoms with Gasteiger partial charge in [0.25, 0.3) is 5.89 Å². The molecule has 0 unspecified atom stereocenters. The third kappa shape index (κ3) is 4.42. The Morgan fingerprint density at radius 1 is 0.939 bits per heavy atom. The molecular weight excluding hydrogens is 479 g/mol. The molecule has 0 aliphatic heterocycles. The monoisotopic (exact) mass is 500 g/mol. The Morgan fingerprint density at radius 3 is 2.36 bits per heavy atom. The highest BCUT2D eigenvalue weighted by Gasteiger charge is 2.27. The fourth-order valence-electron chi connectivity index (χ4n) is 4.53. The van der Waals surface area contributed by atoms with Gasteiger partial charge in [-0.05, 0) is 49.6 Å². The minimum atomic E-state index is 0.327. The van der Waals surface area contributed by atoms with Gasteiger partial charge in [0.15, 0.2) is 5.69 Å². The summed E-state index contributed by atoms with van der Waals surface area (Å²) in [4.78, 5) is 0. The molecule has 0 saturated heterocycles. The zero-order valence-electron chi connectivity index (χ0n) is 18.2. The number of halogens is 3. The van der Waals surface area contributed by atoms with E-state index in [9.17, 15) is 0 Å². The van der Waals surface area contributed by atoms with Gasteiger partial charge in [0.05, 0.1) is 16.4 Å². The van der Waals surface area contributed by atoms with Gasteiger partial charge in [0.2, 0.25) is 5.89 Å². The second kappa shape index (κ2) is 9.49. The van der Waals surface area contributed by atoms with Crippen molar-refractivity contribution in [2.75, 3.05) is 0 Å². The minimum Gasteiger partial charge on any atom is -0.419 e. The fourth-order valence-corrected chi connectivity index (χ4v) is 5.15. The van der Waals surface area contributed by atoms with Crippen molar-refractivity contribution in [2.24, 2.45) is 0 Å². The number of hydrogen-bond donors (Lipinski definition) is 0.